The Balaban J connectivity index is 1.06. The number of halogens is 1. The standard InChI is InChI=1S/C27H29ClN4O2/c28-25-15-21(8-9-26(25)34-20-22-5-4-10-29-16-22)17-30-18-24(19-30)31-11-13-32(14-12-31)27(33)23-6-2-1-3-7-23/h1-10,15-16,24H,11-14,17-20H2. The van der Waals surface area contributed by atoms with E-state index in [1.165, 1.54) is 5.56 Å². The van der Waals surface area contributed by atoms with E-state index in [1.807, 2.05) is 59.5 Å². The van der Waals surface area contributed by atoms with Gasteiger partial charge in [-0.25, -0.2) is 0 Å². The van der Waals surface area contributed by atoms with Gasteiger partial charge >= 0.3 is 0 Å². The van der Waals surface area contributed by atoms with Gasteiger partial charge in [0.25, 0.3) is 5.91 Å². The molecule has 0 saturated carbocycles. The number of ether oxygens (including phenoxy) is 1. The summed E-state index contributed by atoms with van der Waals surface area (Å²) in [6, 6.07) is 20.1. The molecular weight excluding hydrogens is 448 g/mol. The Morgan fingerprint density at radius 1 is 0.971 bits per heavy atom. The number of hydrogen-bond donors (Lipinski definition) is 0. The van der Waals surface area contributed by atoms with Crippen molar-refractivity contribution in [2.24, 2.45) is 0 Å². The third kappa shape index (κ3) is 5.41. The molecule has 2 aromatic carbocycles. The molecule has 0 radical (unpaired) electrons. The maximum Gasteiger partial charge on any atom is 0.253 e. The van der Waals surface area contributed by atoms with E-state index in [9.17, 15) is 4.79 Å². The highest BCUT2D eigenvalue weighted by Crippen LogP contribution is 2.28. The molecule has 5 rings (SSSR count). The first-order valence-electron chi connectivity index (χ1n) is 11.8. The summed E-state index contributed by atoms with van der Waals surface area (Å²) in [4.78, 5) is 23.7. The molecule has 2 fully saturated rings. The molecule has 1 aromatic heterocycles. The maximum absolute atomic E-state index is 12.7. The topological polar surface area (TPSA) is 48.9 Å². The van der Waals surface area contributed by atoms with Crippen LogP contribution in [0, 0.1) is 0 Å². The minimum Gasteiger partial charge on any atom is -0.487 e. The molecule has 0 N–H and O–H groups in total. The number of likely N-dealkylation sites (tertiary alicyclic amines) is 1. The monoisotopic (exact) mass is 476 g/mol. The molecule has 2 saturated heterocycles. The number of hydrogen-bond acceptors (Lipinski definition) is 5. The largest absolute Gasteiger partial charge is 0.487 e. The summed E-state index contributed by atoms with van der Waals surface area (Å²) in [6.45, 7) is 6.88. The van der Waals surface area contributed by atoms with Crippen molar-refractivity contribution in [3.8, 4) is 5.75 Å². The third-order valence-electron chi connectivity index (χ3n) is 6.60. The Hall–Kier alpha value is -2.93. The van der Waals surface area contributed by atoms with Gasteiger partial charge < -0.3 is 9.64 Å². The number of benzene rings is 2. The second-order valence-electron chi connectivity index (χ2n) is 8.96. The van der Waals surface area contributed by atoms with Gasteiger partial charge in [0.05, 0.1) is 5.02 Å². The summed E-state index contributed by atoms with van der Waals surface area (Å²) in [5.41, 5.74) is 2.98. The van der Waals surface area contributed by atoms with Crippen LogP contribution in [0.4, 0.5) is 0 Å². The van der Waals surface area contributed by atoms with Gasteiger partial charge in [-0.1, -0.05) is 41.9 Å². The summed E-state index contributed by atoms with van der Waals surface area (Å²) >= 11 is 6.47. The van der Waals surface area contributed by atoms with Crippen molar-refractivity contribution in [1.29, 1.82) is 0 Å². The molecule has 0 bridgehead atoms. The molecule has 1 amide bonds. The SMILES string of the molecule is O=C(c1ccccc1)N1CCN(C2CN(Cc3ccc(OCc4cccnc4)c(Cl)c3)C2)CC1. The Bertz CT molecular complexity index is 1100. The van der Waals surface area contributed by atoms with Crippen LogP contribution in [0.1, 0.15) is 21.5 Å². The van der Waals surface area contributed by atoms with Crippen molar-refractivity contribution in [3.63, 3.8) is 0 Å². The first kappa shape index (κ1) is 22.8. The van der Waals surface area contributed by atoms with E-state index in [2.05, 4.69) is 20.9 Å². The average molecular weight is 477 g/mol. The van der Waals surface area contributed by atoms with Gasteiger partial charge in [0.2, 0.25) is 0 Å². The fourth-order valence-corrected chi connectivity index (χ4v) is 4.88. The highest BCUT2D eigenvalue weighted by molar-refractivity contribution is 6.32. The van der Waals surface area contributed by atoms with Crippen molar-refractivity contribution in [2.75, 3.05) is 39.3 Å². The lowest BCUT2D eigenvalue weighted by molar-refractivity contribution is 0.00257. The zero-order valence-corrected chi connectivity index (χ0v) is 19.9. The van der Waals surface area contributed by atoms with Gasteiger partial charge in [0.15, 0.2) is 0 Å². The number of pyridine rings is 1. The molecule has 0 atom stereocenters. The highest BCUT2D eigenvalue weighted by Gasteiger charge is 2.34. The van der Waals surface area contributed by atoms with Crippen LogP contribution >= 0.6 is 11.6 Å². The van der Waals surface area contributed by atoms with Gasteiger partial charge in [-0.15, -0.1) is 0 Å². The predicted octanol–water partition coefficient (Wildman–Crippen LogP) is 3.96. The van der Waals surface area contributed by atoms with E-state index in [0.717, 1.165) is 56.9 Å². The minimum atomic E-state index is 0.139. The van der Waals surface area contributed by atoms with E-state index >= 15 is 0 Å². The van der Waals surface area contributed by atoms with Gasteiger partial charge in [0.1, 0.15) is 12.4 Å². The van der Waals surface area contributed by atoms with Gasteiger partial charge in [0, 0.05) is 75.4 Å². The molecule has 0 unspecified atom stereocenters. The summed E-state index contributed by atoms with van der Waals surface area (Å²) in [6.07, 6.45) is 3.54. The van der Waals surface area contributed by atoms with E-state index in [0.29, 0.717) is 23.4 Å². The van der Waals surface area contributed by atoms with Gasteiger partial charge in [-0.05, 0) is 35.9 Å². The highest BCUT2D eigenvalue weighted by atomic mass is 35.5. The second kappa shape index (κ2) is 10.6. The van der Waals surface area contributed by atoms with E-state index in [-0.39, 0.29) is 5.91 Å². The van der Waals surface area contributed by atoms with Crippen LogP contribution in [-0.4, -0.2) is 70.9 Å². The number of carbonyl (C=O) groups excluding carboxylic acids is 1. The molecule has 2 aliphatic rings. The Morgan fingerprint density at radius 2 is 1.76 bits per heavy atom. The number of amides is 1. The number of carbonyl (C=O) groups is 1. The summed E-state index contributed by atoms with van der Waals surface area (Å²) in [7, 11) is 0. The number of piperazine rings is 1. The molecule has 7 heteroatoms. The van der Waals surface area contributed by atoms with Crippen LogP contribution in [-0.2, 0) is 13.2 Å². The number of nitrogens with zero attached hydrogens (tertiary/aromatic N) is 4. The zero-order chi connectivity index (χ0) is 23.3. The predicted molar refractivity (Wildman–Crippen MR) is 133 cm³/mol. The van der Waals surface area contributed by atoms with Crippen molar-refractivity contribution in [3.05, 3.63) is 94.8 Å². The van der Waals surface area contributed by atoms with Crippen LogP contribution in [0.3, 0.4) is 0 Å². The maximum atomic E-state index is 12.7. The molecule has 0 spiro atoms. The van der Waals surface area contributed by atoms with Crippen molar-refractivity contribution >= 4 is 17.5 Å². The van der Waals surface area contributed by atoms with Crippen LogP contribution < -0.4 is 4.74 Å². The first-order chi connectivity index (χ1) is 16.7. The lowest BCUT2D eigenvalue weighted by Crippen LogP contribution is -2.63. The normalized spacial score (nSPS) is 17.4. The Morgan fingerprint density at radius 3 is 2.47 bits per heavy atom. The molecule has 0 aliphatic carbocycles. The van der Waals surface area contributed by atoms with Crippen LogP contribution in [0.2, 0.25) is 5.02 Å². The van der Waals surface area contributed by atoms with E-state index < -0.39 is 0 Å². The van der Waals surface area contributed by atoms with E-state index in [4.69, 9.17) is 16.3 Å². The fourth-order valence-electron chi connectivity index (χ4n) is 4.62. The summed E-state index contributed by atoms with van der Waals surface area (Å²) in [5, 5.41) is 0.637. The molecule has 3 heterocycles. The minimum absolute atomic E-state index is 0.139. The Labute approximate surface area is 205 Å². The van der Waals surface area contributed by atoms with Crippen LogP contribution in [0.15, 0.2) is 73.1 Å². The molecule has 34 heavy (non-hydrogen) atoms. The van der Waals surface area contributed by atoms with Crippen LogP contribution in [0.25, 0.3) is 0 Å². The van der Waals surface area contributed by atoms with E-state index in [1.54, 1.807) is 12.4 Å². The Kier molecular flexibility index (Phi) is 7.09. The molecular formula is C27H29ClN4O2. The lowest BCUT2D eigenvalue weighted by atomic mass is 10.0. The first-order valence-corrected chi connectivity index (χ1v) is 12.1. The van der Waals surface area contributed by atoms with Crippen molar-refractivity contribution in [2.45, 2.75) is 19.2 Å². The lowest BCUT2D eigenvalue weighted by Gasteiger charge is -2.48. The molecule has 176 valence electrons. The summed E-state index contributed by atoms with van der Waals surface area (Å²) in [5.74, 6) is 0.832. The van der Waals surface area contributed by atoms with Crippen molar-refractivity contribution < 1.29 is 9.53 Å². The number of rotatable bonds is 7. The summed E-state index contributed by atoms with van der Waals surface area (Å²) < 4.78 is 5.85. The quantitative estimate of drug-likeness (QED) is 0.516. The zero-order valence-electron chi connectivity index (χ0n) is 19.1. The van der Waals surface area contributed by atoms with Gasteiger partial charge in [-0.3, -0.25) is 19.6 Å². The molecule has 2 aliphatic heterocycles. The smallest absolute Gasteiger partial charge is 0.253 e. The van der Waals surface area contributed by atoms with Gasteiger partial charge in [-0.2, -0.15) is 0 Å². The number of aromatic nitrogens is 1. The average Bonchev–Trinajstić information content (AvgIpc) is 2.86. The van der Waals surface area contributed by atoms with Crippen molar-refractivity contribution in [1.82, 2.24) is 19.7 Å². The molecule has 3 aromatic rings. The second-order valence-corrected chi connectivity index (χ2v) is 9.36. The van der Waals surface area contributed by atoms with Crippen LogP contribution in [0.5, 0.6) is 5.75 Å². The third-order valence-corrected chi connectivity index (χ3v) is 6.89. The molecule has 6 nitrogen and oxygen atoms in total. The fraction of sp³-hybridized carbons (Fsp3) is 0.333.